The molecule has 2 bridgehead atoms. The number of piperidine rings is 1. The summed E-state index contributed by atoms with van der Waals surface area (Å²) in [5.74, 6) is 0.898. The Morgan fingerprint density at radius 2 is 1.83 bits per heavy atom. The molecule has 2 aliphatic heterocycles. The molecule has 0 saturated carbocycles. The molecule has 0 aliphatic carbocycles. The van der Waals surface area contributed by atoms with Crippen molar-refractivity contribution in [1.29, 1.82) is 0 Å². The second-order valence-electron chi connectivity index (χ2n) is 5.95. The fraction of sp³-hybridized carbons (Fsp3) is 0.923. The Labute approximate surface area is 109 Å². The van der Waals surface area contributed by atoms with Gasteiger partial charge in [-0.25, -0.2) is 8.42 Å². The third-order valence-electron chi connectivity index (χ3n) is 4.06. The average molecular weight is 273 g/mol. The van der Waals surface area contributed by atoms with E-state index in [2.05, 4.69) is 5.32 Å². The van der Waals surface area contributed by atoms with E-state index in [1.54, 1.807) is 0 Å². The van der Waals surface area contributed by atoms with Crippen molar-refractivity contribution in [1.82, 2.24) is 5.32 Å². The normalized spacial score (nSPS) is 31.5. The molecule has 0 aromatic carbocycles. The monoisotopic (exact) mass is 273 g/mol. The quantitative estimate of drug-likeness (QED) is 0.792. The van der Waals surface area contributed by atoms with E-state index in [9.17, 15) is 13.2 Å². The van der Waals surface area contributed by atoms with E-state index < -0.39 is 9.84 Å². The zero-order valence-corrected chi connectivity index (χ0v) is 11.8. The fourth-order valence-corrected chi connectivity index (χ4v) is 3.97. The summed E-state index contributed by atoms with van der Waals surface area (Å²) in [6.07, 6.45) is 7.53. The Balaban J connectivity index is 1.68. The van der Waals surface area contributed by atoms with E-state index in [0.717, 1.165) is 12.8 Å². The number of carbonyl (C=O) groups excluding carboxylic acids is 1. The molecular weight excluding hydrogens is 250 g/mol. The highest BCUT2D eigenvalue weighted by molar-refractivity contribution is 7.90. The molecule has 2 heterocycles. The summed E-state index contributed by atoms with van der Waals surface area (Å²) in [5, 5.41) is 3.57. The van der Waals surface area contributed by atoms with Gasteiger partial charge >= 0.3 is 0 Å². The summed E-state index contributed by atoms with van der Waals surface area (Å²) >= 11 is 0. The Hall–Kier alpha value is -0.420. The molecule has 2 saturated heterocycles. The molecule has 104 valence electrons. The Morgan fingerprint density at radius 3 is 2.39 bits per heavy atom. The summed E-state index contributed by atoms with van der Waals surface area (Å²) in [4.78, 5) is 11.8. The topological polar surface area (TPSA) is 63.2 Å². The molecule has 0 aromatic rings. The Kier molecular flexibility index (Phi) is 4.43. The van der Waals surface area contributed by atoms with Gasteiger partial charge in [0.2, 0.25) is 0 Å². The number of rotatable bonds is 6. The van der Waals surface area contributed by atoms with Gasteiger partial charge in [0.25, 0.3) is 0 Å². The van der Waals surface area contributed by atoms with E-state index in [1.165, 1.54) is 19.1 Å². The first kappa shape index (κ1) is 14.0. The van der Waals surface area contributed by atoms with Gasteiger partial charge in [-0.3, -0.25) is 4.79 Å². The number of hydrogen-bond acceptors (Lipinski definition) is 4. The van der Waals surface area contributed by atoms with Crippen LogP contribution in [0.3, 0.4) is 0 Å². The second kappa shape index (κ2) is 5.70. The minimum atomic E-state index is -2.92. The molecule has 2 atom stereocenters. The average Bonchev–Trinajstić information content (AvgIpc) is 2.56. The molecule has 0 amide bonds. The van der Waals surface area contributed by atoms with E-state index in [-0.39, 0.29) is 11.5 Å². The Morgan fingerprint density at radius 1 is 1.22 bits per heavy atom. The molecule has 1 N–H and O–H groups in total. The van der Waals surface area contributed by atoms with Gasteiger partial charge in [0.1, 0.15) is 15.6 Å². The van der Waals surface area contributed by atoms with Crippen molar-refractivity contribution in [2.45, 2.75) is 57.0 Å². The van der Waals surface area contributed by atoms with Crippen LogP contribution in [0.2, 0.25) is 0 Å². The van der Waals surface area contributed by atoms with E-state index in [1.807, 2.05) is 0 Å². The van der Waals surface area contributed by atoms with Crippen LogP contribution in [0.4, 0.5) is 0 Å². The minimum absolute atomic E-state index is 0.135. The van der Waals surface area contributed by atoms with Gasteiger partial charge in [0.15, 0.2) is 0 Å². The third kappa shape index (κ3) is 4.35. The van der Waals surface area contributed by atoms with Crippen LogP contribution in [-0.2, 0) is 14.6 Å². The lowest BCUT2D eigenvalue weighted by molar-refractivity contribution is -0.120. The van der Waals surface area contributed by atoms with Crippen LogP contribution in [0.5, 0.6) is 0 Å². The van der Waals surface area contributed by atoms with Crippen LogP contribution < -0.4 is 5.32 Å². The van der Waals surface area contributed by atoms with Gasteiger partial charge in [0.05, 0.1) is 5.75 Å². The first-order valence-electron chi connectivity index (χ1n) is 6.88. The van der Waals surface area contributed by atoms with Gasteiger partial charge in [-0.2, -0.15) is 0 Å². The predicted octanol–water partition coefficient (Wildman–Crippen LogP) is 1.30. The zero-order valence-electron chi connectivity index (χ0n) is 11.0. The zero-order chi connectivity index (χ0) is 13.2. The lowest BCUT2D eigenvalue weighted by atomic mass is 9.87. The molecule has 0 radical (unpaired) electrons. The molecule has 18 heavy (non-hydrogen) atoms. The van der Waals surface area contributed by atoms with Crippen molar-refractivity contribution < 1.29 is 13.2 Å². The van der Waals surface area contributed by atoms with Gasteiger partial charge < -0.3 is 5.32 Å². The maximum atomic E-state index is 11.8. The molecule has 2 aliphatic rings. The maximum Gasteiger partial charge on any atom is 0.147 e. The number of sulfone groups is 1. The number of ketones is 1. The standard InChI is InChI=1S/C13H23NO3S/c1-18(16,17)6-2-3-13(15)9-10-7-11-4-5-12(8-10)14-11/h10-12,14H,2-9H2,1H3. The third-order valence-corrected chi connectivity index (χ3v) is 5.09. The maximum absolute atomic E-state index is 11.8. The van der Waals surface area contributed by atoms with Crippen LogP contribution >= 0.6 is 0 Å². The van der Waals surface area contributed by atoms with Gasteiger partial charge in [-0.15, -0.1) is 0 Å². The molecule has 2 rings (SSSR count). The van der Waals surface area contributed by atoms with Crippen molar-refractivity contribution >= 4 is 15.6 Å². The molecule has 5 heteroatoms. The van der Waals surface area contributed by atoms with Crippen molar-refractivity contribution in [2.75, 3.05) is 12.0 Å². The summed E-state index contributed by atoms with van der Waals surface area (Å²) in [6, 6.07) is 1.25. The molecule has 2 unspecified atom stereocenters. The summed E-state index contributed by atoms with van der Waals surface area (Å²) in [7, 11) is -2.92. The van der Waals surface area contributed by atoms with Gasteiger partial charge in [0, 0.05) is 31.2 Å². The Bertz CT molecular complexity index is 392. The molecule has 2 fully saturated rings. The SMILES string of the molecule is CS(=O)(=O)CCCC(=O)CC1CC2CCC(C1)N2. The van der Waals surface area contributed by atoms with Crippen molar-refractivity contribution in [3.8, 4) is 0 Å². The van der Waals surface area contributed by atoms with E-state index in [0.29, 0.717) is 37.3 Å². The van der Waals surface area contributed by atoms with Crippen LogP contribution in [0.25, 0.3) is 0 Å². The van der Waals surface area contributed by atoms with Crippen molar-refractivity contribution in [3.63, 3.8) is 0 Å². The molecule has 4 nitrogen and oxygen atoms in total. The van der Waals surface area contributed by atoms with Crippen LogP contribution in [0.15, 0.2) is 0 Å². The predicted molar refractivity (Wildman–Crippen MR) is 71.2 cm³/mol. The minimum Gasteiger partial charge on any atom is -0.311 e. The van der Waals surface area contributed by atoms with Crippen LogP contribution in [-0.4, -0.2) is 38.3 Å². The highest BCUT2D eigenvalue weighted by Crippen LogP contribution is 2.32. The number of carbonyl (C=O) groups is 1. The summed E-state index contributed by atoms with van der Waals surface area (Å²) < 4.78 is 22.0. The largest absolute Gasteiger partial charge is 0.311 e. The van der Waals surface area contributed by atoms with Gasteiger partial charge in [-0.05, 0) is 38.0 Å². The second-order valence-corrected chi connectivity index (χ2v) is 8.21. The van der Waals surface area contributed by atoms with Crippen LogP contribution in [0.1, 0.15) is 44.9 Å². The van der Waals surface area contributed by atoms with Gasteiger partial charge in [-0.1, -0.05) is 0 Å². The molecule has 0 spiro atoms. The fourth-order valence-electron chi connectivity index (χ4n) is 3.30. The smallest absolute Gasteiger partial charge is 0.147 e. The van der Waals surface area contributed by atoms with E-state index in [4.69, 9.17) is 0 Å². The first-order valence-corrected chi connectivity index (χ1v) is 8.94. The molecular formula is C13H23NO3S. The van der Waals surface area contributed by atoms with Crippen molar-refractivity contribution in [2.24, 2.45) is 5.92 Å². The lowest BCUT2D eigenvalue weighted by Gasteiger charge is -2.28. The highest BCUT2D eigenvalue weighted by atomic mass is 32.2. The number of hydrogen-bond donors (Lipinski definition) is 1. The number of nitrogens with one attached hydrogen (secondary N) is 1. The highest BCUT2D eigenvalue weighted by Gasteiger charge is 2.33. The number of Topliss-reactive ketones (excluding diaryl/α,β-unsaturated/α-hetero) is 1. The summed E-state index contributed by atoms with van der Waals surface area (Å²) in [6.45, 7) is 0. The summed E-state index contributed by atoms with van der Waals surface area (Å²) in [5.41, 5.74) is 0. The van der Waals surface area contributed by atoms with Crippen LogP contribution in [0, 0.1) is 5.92 Å². The van der Waals surface area contributed by atoms with E-state index >= 15 is 0 Å². The van der Waals surface area contributed by atoms with Crippen molar-refractivity contribution in [3.05, 3.63) is 0 Å². The molecule has 0 aromatic heterocycles. The number of fused-ring (bicyclic) bond motifs is 2. The first-order chi connectivity index (χ1) is 8.42. The lowest BCUT2D eigenvalue weighted by Crippen LogP contribution is -2.38.